The van der Waals surface area contributed by atoms with Crippen molar-refractivity contribution in [1.29, 1.82) is 0 Å². The molecule has 0 bridgehead atoms. The van der Waals surface area contributed by atoms with Crippen LogP contribution in [0.25, 0.3) is 21.8 Å². The van der Waals surface area contributed by atoms with Gasteiger partial charge in [-0.05, 0) is 51.5 Å². The van der Waals surface area contributed by atoms with Gasteiger partial charge in [-0.3, -0.25) is 4.68 Å². The van der Waals surface area contributed by atoms with E-state index in [1.165, 1.54) is 0 Å². The first-order valence-corrected chi connectivity index (χ1v) is 14.6. The van der Waals surface area contributed by atoms with Crippen molar-refractivity contribution < 1.29 is 19.0 Å². The van der Waals surface area contributed by atoms with Gasteiger partial charge >= 0.3 is 6.09 Å². The molecule has 0 atom stereocenters. The highest BCUT2D eigenvalue weighted by molar-refractivity contribution is 6.09. The lowest BCUT2D eigenvalue weighted by molar-refractivity contribution is 0.0240. The van der Waals surface area contributed by atoms with Gasteiger partial charge in [0.1, 0.15) is 22.6 Å². The van der Waals surface area contributed by atoms with E-state index in [4.69, 9.17) is 24.3 Å². The molecule has 224 valence electrons. The van der Waals surface area contributed by atoms with Gasteiger partial charge in [0.15, 0.2) is 5.82 Å². The fourth-order valence-corrected chi connectivity index (χ4v) is 5.31. The van der Waals surface area contributed by atoms with E-state index in [-0.39, 0.29) is 6.09 Å². The van der Waals surface area contributed by atoms with E-state index in [1.807, 2.05) is 55.6 Å². The number of anilines is 3. The molecule has 1 saturated heterocycles. The zero-order chi connectivity index (χ0) is 30.0. The van der Waals surface area contributed by atoms with Crippen molar-refractivity contribution in [3.05, 3.63) is 42.6 Å². The standard InChI is InChI=1S/C32H42N6O4/c1-8-9-14-38-21-25-24-12-10-22(36-15-17-37(18-16-36)31(39)42-32(2,3)4)19-26(24)33-30(29(25)34-38)35(5)27-13-11-23(40-6)20-28(27)41-7/h10-13,19-21H,8-9,14-18H2,1-7H3. The Kier molecular flexibility index (Phi) is 8.34. The number of benzene rings is 2. The highest BCUT2D eigenvalue weighted by Crippen LogP contribution is 2.39. The summed E-state index contributed by atoms with van der Waals surface area (Å²) in [4.78, 5) is 23.9. The van der Waals surface area contributed by atoms with Gasteiger partial charge in [0.25, 0.3) is 0 Å². The van der Waals surface area contributed by atoms with E-state index in [0.717, 1.165) is 77.2 Å². The molecule has 5 rings (SSSR count). The van der Waals surface area contributed by atoms with Gasteiger partial charge in [-0.2, -0.15) is 5.10 Å². The van der Waals surface area contributed by atoms with Crippen LogP contribution in [0.4, 0.5) is 22.0 Å². The van der Waals surface area contributed by atoms with Gasteiger partial charge in [-0.15, -0.1) is 0 Å². The van der Waals surface area contributed by atoms with E-state index < -0.39 is 5.60 Å². The Morgan fingerprint density at radius 3 is 2.43 bits per heavy atom. The Bertz CT molecular complexity index is 1570. The average Bonchev–Trinajstić information content (AvgIpc) is 3.42. The molecule has 1 fully saturated rings. The third-order valence-electron chi connectivity index (χ3n) is 7.57. The van der Waals surface area contributed by atoms with Crippen molar-refractivity contribution in [1.82, 2.24) is 19.7 Å². The topological polar surface area (TPSA) is 85.2 Å². The summed E-state index contributed by atoms with van der Waals surface area (Å²) in [7, 11) is 5.29. The van der Waals surface area contributed by atoms with E-state index in [9.17, 15) is 4.79 Å². The van der Waals surface area contributed by atoms with Gasteiger partial charge in [-0.25, -0.2) is 9.78 Å². The minimum Gasteiger partial charge on any atom is -0.497 e. The molecule has 0 radical (unpaired) electrons. The van der Waals surface area contributed by atoms with Crippen LogP contribution in [0.5, 0.6) is 11.5 Å². The summed E-state index contributed by atoms with van der Waals surface area (Å²) in [6.45, 7) is 11.4. The zero-order valence-electron chi connectivity index (χ0n) is 25.8. The molecule has 0 saturated carbocycles. The lowest BCUT2D eigenvalue weighted by atomic mass is 10.1. The van der Waals surface area contributed by atoms with Crippen LogP contribution in [-0.4, -0.2) is 78.8 Å². The highest BCUT2D eigenvalue weighted by atomic mass is 16.6. The Balaban J connectivity index is 1.51. The third-order valence-corrected chi connectivity index (χ3v) is 7.57. The first-order valence-electron chi connectivity index (χ1n) is 14.6. The van der Waals surface area contributed by atoms with Gasteiger partial charge in [-0.1, -0.05) is 19.4 Å². The Hall–Kier alpha value is -4.21. The van der Waals surface area contributed by atoms with Crippen LogP contribution in [0.15, 0.2) is 42.6 Å². The second-order valence-electron chi connectivity index (χ2n) is 11.7. The summed E-state index contributed by atoms with van der Waals surface area (Å²) < 4.78 is 18.7. The number of ether oxygens (including phenoxy) is 3. The van der Waals surface area contributed by atoms with E-state index >= 15 is 0 Å². The zero-order valence-corrected chi connectivity index (χ0v) is 25.8. The second kappa shape index (κ2) is 12.0. The molecule has 1 aliphatic rings. The largest absolute Gasteiger partial charge is 0.497 e. The fourth-order valence-electron chi connectivity index (χ4n) is 5.31. The first-order chi connectivity index (χ1) is 20.1. The van der Waals surface area contributed by atoms with E-state index in [0.29, 0.717) is 18.8 Å². The number of carbonyl (C=O) groups is 1. The number of fused-ring (bicyclic) bond motifs is 3. The van der Waals surface area contributed by atoms with Gasteiger partial charge in [0, 0.05) is 68.5 Å². The van der Waals surface area contributed by atoms with E-state index in [1.54, 1.807) is 19.1 Å². The molecule has 42 heavy (non-hydrogen) atoms. The molecular formula is C32H42N6O4. The van der Waals surface area contributed by atoms with Crippen molar-refractivity contribution in [2.45, 2.75) is 52.7 Å². The van der Waals surface area contributed by atoms with Gasteiger partial charge < -0.3 is 28.9 Å². The molecule has 0 aliphatic carbocycles. The van der Waals surface area contributed by atoms with Crippen molar-refractivity contribution in [2.75, 3.05) is 57.2 Å². The maximum absolute atomic E-state index is 12.6. The van der Waals surface area contributed by atoms with Crippen LogP contribution in [-0.2, 0) is 11.3 Å². The predicted molar refractivity (Wildman–Crippen MR) is 168 cm³/mol. The molecular weight excluding hydrogens is 532 g/mol. The Morgan fingerprint density at radius 2 is 1.76 bits per heavy atom. The number of unbranched alkanes of at least 4 members (excludes halogenated alkanes) is 1. The Morgan fingerprint density at radius 1 is 1.00 bits per heavy atom. The number of methoxy groups -OCH3 is 2. The third kappa shape index (κ3) is 6.03. The van der Waals surface area contributed by atoms with Gasteiger partial charge in [0.05, 0.1) is 25.4 Å². The fraction of sp³-hybridized carbons (Fsp3) is 0.469. The van der Waals surface area contributed by atoms with Crippen molar-refractivity contribution >= 4 is 45.1 Å². The molecule has 0 spiro atoms. The molecule has 2 aromatic heterocycles. The summed E-state index contributed by atoms with van der Waals surface area (Å²) in [5.74, 6) is 2.16. The number of carbonyl (C=O) groups excluding carboxylic acids is 1. The number of aromatic nitrogens is 3. The van der Waals surface area contributed by atoms with Crippen LogP contribution in [0.2, 0.25) is 0 Å². The molecule has 2 aromatic carbocycles. The minimum absolute atomic E-state index is 0.258. The monoisotopic (exact) mass is 574 g/mol. The molecule has 0 N–H and O–H groups in total. The first kappa shape index (κ1) is 29.3. The minimum atomic E-state index is -0.505. The summed E-state index contributed by atoms with van der Waals surface area (Å²) in [5.41, 5.74) is 3.17. The summed E-state index contributed by atoms with van der Waals surface area (Å²) in [6, 6.07) is 12.2. The maximum Gasteiger partial charge on any atom is 0.410 e. The highest BCUT2D eigenvalue weighted by Gasteiger charge is 2.26. The average molecular weight is 575 g/mol. The quantitative estimate of drug-likeness (QED) is 0.245. The van der Waals surface area contributed by atoms with Crippen LogP contribution < -0.4 is 19.3 Å². The molecule has 0 unspecified atom stereocenters. The van der Waals surface area contributed by atoms with Crippen LogP contribution in [0.3, 0.4) is 0 Å². The smallest absolute Gasteiger partial charge is 0.410 e. The van der Waals surface area contributed by atoms with E-state index in [2.05, 4.69) is 36.2 Å². The molecule has 4 aromatic rings. The number of rotatable bonds is 8. The van der Waals surface area contributed by atoms with Crippen molar-refractivity contribution in [3.8, 4) is 11.5 Å². The number of piperazine rings is 1. The lowest BCUT2D eigenvalue weighted by Gasteiger charge is -2.36. The second-order valence-corrected chi connectivity index (χ2v) is 11.7. The van der Waals surface area contributed by atoms with Crippen molar-refractivity contribution in [3.63, 3.8) is 0 Å². The predicted octanol–water partition coefficient (Wildman–Crippen LogP) is 6.23. The van der Waals surface area contributed by atoms with Crippen LogP contribution in [0.1, 0.15) is 40.5 Å². The Labute approximate surface area is 247 Å². The number of hydrogen-bond acceptors (Lipinski definition) is 8. The maximum atomic E-state index is 12.6. The SMILES string of the molecule is CCCCn1cc2c(n1)c(N(C)c1ccc(OC)cc1OC)nc1cc(N3CCN(C(=O)OC(C)(C)C)CC3)ccc12. The number of amides is 1. The van der Waals surface area contributed by atoms with Gasteiger partial charge in [0.2, 0.25) is 0 Å². The van der Waals surface area contributed by atoms with Crippen molar-refractivity contribution in [2.24, 2.45) is 0 Å². The van der Waals surface area contributed by atoms with Crippen LogP contribution >= 0.6 is 0 Å². The normalized spacial score (nSPS) is 14.0. The molecule has 3 heterocycles. The number of pyridine rings is 1. The molecule has 10 heteroatoms. The number of nitrogens with zero attached hydrogens (tertiary/aromatic N) is 6. The van der Waals surface area contributed by atoms with Crippen LogP contribution in [0, 0.1) is 0 Å². The number of aryl methyl sites for hydroxylation is 1. The summed E-state index contributed by atoms with van der Waals surface area (Å²) in [6.07, 6.45) is 4.02. The number of hydrogen-bond donors (Lipinski definition) is 0. The molecule has 1 aliphatic heterocycles. The summed E-state index contributed by atoms with van der Waals surface area (Å²) in [5, 5.41) is 7.11. The summed E-state index contributed by atoms with van der Waals surface area (Å²) >= 11 is 0. The lowest BCUT2D eigenvalue weighted by Crippen LogP contribution is -2.50. The molecule has 1 amide bonds. The molecule has 10 nitrogen and oxygen atoms in total.